The fraction of sp³-hybridized carbons (Fsp3) is 0.286. The van der Waals surface area contributed by atoms with Crippen LogP contribution in [0.25, 0.3) is 11.3 Å². The Kier molecular flexibility index (Phi) is 5.18. The Morgan fingerprint density at radius 1 is 1.23 bits per heavy atom. The number of aromatic nitrogens is 3. The number of ether oxygens (including phenoxy) is 1. The summed E-state index contributed by atoms with van der Waals surface area (Å²) in [5.74, 6) is 1.05. The highest BCUT2D eigenvalue weighted by molar-refractivity contribution is 5.68. The summed E-state index contributed by atoms with van der Waals surface area (Å²) in [6.45, 7) is 2.47. The second-order valence-electron chi connectivity index (χ2n) is 7.50. The van der Waals surface area contributed by atoms with Crippen LogP contribution >= 0.6 is 0 Å². The number of halogens is 3. The Hall–Kier alpha value is -3.40. The zero-order valence-corrected chi connectivity index (χ0v) is 16.8. The number of aliphatic hydroxyl groups excluding tert-OH is 1. The van der Waals surface area contributed by atoms with E-state index in [9.17, 15) is 18.3 Å². The topological polar surface area (TPSA) is 92.2 Å². The molecule has 0 amide bonds. The van der Waals surface area contributed by atoms with Gasteiger partial charge < -0.3 is 20.5 Å². The smallest absolute Gasteiger partial charge is 0.416 e. The monoisotopic (exact) mass is 431 g/mol. The number of anilines is 3. The number of fused-ring (bicyclic) bond motifs is 1. The molecular formula is C21H20F3N5O2. The first-order chi connectivity index (χ1) is 14.7. The molecule has 1 atom stereocenters. The lowest BCUT2D eigenvalue weighted by Gasteiger charge is -2.20. The largest absolute Gasteiger partial charge is 0.495 e. The summed E-state index contributed by atoms with van der Waals surface area (Å²) in [6, 6.07) is 6.71. The van der Waals surface area contributed by atoms with E-state index in [-0.39, 0.29) is 24.0 Å². The van der Waals surface area contributed by atoms with Gasteiger partial charge in [-0.2, -0.15) is 13.2 Å². The Labute approximate surface area is 176 Å². The minimum atomic E-state index is -4.49. The summed E-state index contributed by atoms with van der Waals surface area (Å²) in [6.07, 6.45) is -1.34. The van der Waals surface area contributed by atoms with Crippen molar-refractivity contribution < 1.29 is 23.0 Å². The second-order valence-corrected chi connectivity index (χ2v) is 7.50. The molecule has 4 rings (SSSR count). The van der Waals surface area contributed by atoms with Gasteiger partial charge in [0.15, 0.2) is 0 Å². The van der Waals surface area contributed by atoms with E-state index < -0.39 is 17.2 Å². The molecule has 0 radical (unpaired) electrons. The molecule has 1 aliphatic heterocycles. The molecule has 162 valence electrons. The number of benzene rings is 1. The number of pyridine rings is 1. The molecule has 7 nitrogen and oxygen atoms in total. The molecule has 2 aromatic heterocycles. The van der Waals surface area contributed by atoms with Crippen LogP contribution in [-0.4, -0.2) is 40.3 Å². The standard InChI is InChI=1S/C21H20F3N5O2/c1-20(11-30)10-27-18-14(20)7-12(9-26-18)15-5-6-25-19(28-15)29-16-8-13(21(22,23)24)3-4-17(16)31-2/h3-9,30H,10-11H2,1-2H3,(H,26,27)(H,25,28,29). The Morgan fingerprint density at radius 3 is 2.74 bits per heavy atom. The first-order valence-electron chi connectivity index (χ1n) is 9.44. The lowest BCUT2D eigenvalue weighted by molar-refractivity contribution is -0.137. The van der Waals surface area contributed by atoms with E-state index in [1.165, 1.54) is 19.4 Å². The van der Waals surface area contributed by atoms with Crippen LogP contribution in [0.4, 0.5) is 30.6 Å². The molecule has 0 fully saturated rings. The number of aliphatic hydroxyl groups is 1. The minimum absolute atomic E-state index is 0.0376. The maximum Gasteiger partial charge on any atom is 0.416 e. The van der Waals surface area contributed by atoms with Crippen molar-refractivity contribution in [3.05, 3.63) is 53.9 Å². The van der Waals surface area contributed by atoms with Crippen molar-refractivity contribution in [2.24, 2.45) is 0 Å². The normalized spacial score (nSPS) is 17.7. The molecule has 3 N–H and O–H groups in total. The Balaban J connectivity index is 1.67. The molecule has 1 aliphatic rings. The van der Waals surface area contributed by atoms with Crippen LogP contribution in [0.1, 0.15) is 18.1 Å². The summed E-state index contributed by atoms with van der Waals surface area (Å²) < 4.78 is 44.5. The highest BCUT2D eigenvalue weighted by Crippen LogP contribution is 2.38. The van der Waals surface area contributed by atoms with Crippen molar-refractivity contribution in [3.63, 3.8) is 0 Å². The lowest BCUT2D eigenvalue weighted by atomic mass is 9.85. The van der Waals surface area contributed by atoms with Crippen LogP contribution < -0.4 is 15.4 Å². The summed E-state index contributed by atoms with van der Waals surface area (Å²) >= 11 is 0. The highest BCUT2D eigenvalue weighted by atomic mass is 19.4. The van der Waals surface area contributed by atoms with Gasteiger partial charge in [0.25, 0.3) is 0 Å². The van der Waals surface area contributed by atoms with Gasteiger partial charge in [-0.25, -0.2) is 15.0 Å². The molecule has 3 heterocycles. The first-order valence-corrected chi connectivity index (χ1v) is 9.44. The molecule has 3 aromatic rings. The minimum Gasteiger partial charge on any atom is -0.495 e. The van der Waals surface area contributed by atoms with E-state index in [0.717, 1.165) is 17.7 Å². The third kappa shape index (κ3) is 3.98. The van der Waals surface area contributed by atoms with Crippen LogP contribution in [-0.2, 0) is 11.6 Å². The molecule has 1 aromatic carbocycles. The van der Waals surface area contributed by atoms with Crippen molar-refractivity contribution in [2.75, 3.05) is 30.9 Å². The number of nitrogens with zero attached hydrogens (tertiary/aromatic N) is 3. The quantitative estimate of drug-likeness (QED) is 0.563. The van der Waals surface area contributed by atoms with Crippen molar-refractivity contribution in [1.29, 1.82) is 0 Å². The molecule has 31 heavy (non-hydrogen) atoms. The van der Waals surface area contributed by atoms with Crippen LogP contribution in [0, 0.1) is 0 Å². The number of hydrogen-bond donors (Lipinski definition) is 3. The fourth-order valence-electron chi connectivity index (χ4n) is 3.40. The number of methoxy groups -OCH3 is 1. The van der Waals surface area contributed by atoms with E-state index >= 15 is 0 Å². The summed E-state index contributed by atoms with van der Waals surface area (Å²) in [5, 5.41) is 15.8. The first kappa shape index (κ1) is 20.9. The van der Waals surface area contributed by atoms with E-state index in [4.69, 9.17) is 4.74 Å². The number of rotatable bonds is 5. The lowest BCUT2D eigenvalue weighted by Crippen LogP contribution is -2.28. The fourth-order valence-corrected chi connectivity index (χ4v) is 3.40. The highest BCUT2D eigenvalue weighted by Gasteiger charge is 2.35. The van der Waals surface area contributed by atoms with Gasteiger partial charge in [-0.05, 0) is 30.3 Å². The van der Waals surface area contributed by atoms with Crippen LogP contribution in [0.3, 0.4) is 0 Å². The van der Waals surface area contributed by atoms with E-state index in [1.54, 1.807) is 12.3 Å². The zero-order chi connectivity index (χ0) is 22.2. The second kappa shape index (κ2) is 7.69. The average Bonchev–Trinajstić information content (AvgIpc) is 3.10. The predicted molar refractivity (Wildman–Crippen MR) is 109 cm³/mol. The third-order valence-electron chi connectivity index (χ3n) is 5.26. The van der Waals surface area contributed by atoms with Crippen LogP contribution in [0.5, 0.6) is 5.75 Å². The molecule has 10 heteroatoms. The maximum atomic E-state index is 13.1. The van der Waals surface area contributed by atoms with Gasteiger partial charge >= 0.3 is 6.18 Å². The van der Waals surface area contributed by atoms with Gasteiger partial charge in [0.2, 0.25) is 5.95 Å². The molecule has 0 aliphatic carbocycles. The SMILES string of the molecule is COc1ccc(C(F)(F)F)cc1Nc1nccc(-c2cnc3c(c2)C(C)(CO)CN3)n1. The number of alkyl halides is 3. The maximum absolute atomic E-state index is 13.1. The van der Waals surface area contributed by atoms with Crippen molar-refractivity contribution >= 4 is 17.5 Å². The predicted octanol–water partition coefficient (Wildman–Crippen LogP) is 3.99. The van der Waals surface area contributed by atoms with Crippen LogP contribution in [0.15, 0.2) is 42.7 Å². The summed E-state index contributed by atoms with van der Waals surface area (Å²) in [5.41, 5.74) is 0.927. The molecule has 1 unspecified atom stereocenters. The van der Waals surface area contributed by atoms with Gasteiger partial charge in [0.1, 0.15) is 11.6 Å². The van der Waals surface area contributed by atoms with Crippen LogP contribution in [0.2, 0.25) is 0 Å². The van der Waals surface area contributed by atoms with E-state index in [1.807, 2.05) is 13.0 Å². The average molecular weight is 431 g/mol. The number of hydrogen-bond acceptors (Lipinski definition) is 7. The summed E-state index contributed by atoms with van der Waals surface area (Å²) in [4.78, 5) is 12.9. The van der Waals surface area contributed by atoms with E-state index in [0.29, 0.717) is 23.6 Å². The molecular weight excluding hydrogens is 411 g/mol. The van der Waals surface area contributed by atoms with Gasteiger partial charge in [-0.15, -0.1) is 0 Å². The third-order valence-corrected chi connectivity index (χ3v) is 5.26. The van der Waals surface area contributed by atoms with Crippen molar-refractivity contribution in [3.8, 4) is 17.0 Å². The van der Waals surface area contributed by atoms with E-state index in [2.05, 4.69) is 25.6 Å². The molecule has 0 saturated carbocycles. The van der Waals surface area contributed by atoms with Crippen molar-refractivity contribution in [2.45, 2.75) is 18.5 Å². The van der Waals surface area contributed by atoms with Gasteiger partial charge in [-0.1, -0.05) is 6.92 Å². The van der Waals surface area contributed by atoms with Gasteiger partial charge in [0.05, 0.1) is 30.7 Å². The van der Waals surface area contributed by atoms with Gasteiger partial charge in [0, 0.05) is 35.5 Å². The molecule has 0 saturated heterocycles. The Bertz CT molecular complexity index is 1120. The van der Waals surface area contributed by atoms with Crippen molar-refractivity contribution in [1.82, 2.24) is 15.0 Å². The number of nitrogens with one attached hydrogen (secondary N) is 2. The molecule has 0 spiro atoms. The Morgan fingerprint density at radius 2 is 2.03 bits per heavy atom. The molecule has 0 bridgehead atoms. The van der Waals surface area contributed by atoms with Gasteiger partial charge in [-0.3, -0.25) is 0 Å². The zero-order valence-electron chi connectivity index (χ0n) is 16.8. The summed E-state index contributed by atoms with van der Waals surface area (Å²) in [7, 11) is 1.37.